The van der Waals surface area contributed by atoms with E-state index in [0.717, 1.165) is 0 Å². The number of nitrogens with zero attached hydrogens (tertiary/aromatic N) is 1. The zero-order valence-corrected chi connectivity index (χ0v) is 11.4. The molecule has 0 aromatic heterocycles. The van der Waals surface area contributed by atoms with Gasteiger partial charge in [0, 0.05) is 13.0 Å². The molecule has 106 valence electrons. The van der Waals surface area contributed by atoms with E-state index in [1.54, 1.807) is 12.1 Å². The zero-order chi connectivity index (χ0) is 15.0. The van der Waals surface area contributed by atoms with Gasteiger partial charge in [-0.1, -0.05) is 11.6 Å². The molecule has 0 saturated heterocycles. The first kappa shape index (κ1) is 15.8. The van der Waals surface area contributed by atoms with Crippen LogP contribution in [0.5, 0.6) is 0 Å². The van der Waals surface area contributed by atoms with E-state index >= 15 is 0 Å². The molecule has 1 aromatic carbocycles. The molecule has 6 nitrogen and oxygen atoms in total. The van der Waals surface area contributed by atoms with Crippen molar-refractivity contribution >= 4 is 29.3 Å². The third-order valence-electron chi connectivity index (χ3n) is 2.45. The lowest BCUT2D eigenvalue weighted by Gasteiger charge is -2.08. The van der Waals surface area contributed by atoms with Gasteiger partial charge in [-0.15, -0.1) is 0 Å². The Morgan fingerprint density at radius 1 is 1.35 bits per heavy atom. The summed E-state index contributed by atoms with van der Waals surface area (Å²) in [6.07, 6.45) is 1.18. The molecule has 20 heavy (non-hydrogen) atoms. The van der Waals surface area contributed by atoms with E-state index in [4.69, 9.17) is 22.0 Å². The molecule has 0 saturated carbocycles. The summed E-state index contributed by atoms with van der Waals surface area (Å²) in [6, 6.07) is 6.08. The van der Waals surface area contributed by atoms with Crippen molar-refractivity contribution in [3.63, 3.8) is 0 Å². The van der Waals surface area contributed by atoms with Crippen LogP contribution in [-0.2, 0) is 4.79 Å². The molecule has 0 unspecified atom stereocenters. The van der Waals surface area contributed by atoms with Gasteiger partial charge in [0.2, 0.25) is 0 Å². The van der Waals surface area contributed by atoms with Crippen LogP contribution in [0.3, 0.4) is 0 Å². The number of nitrogens with one attached hydrogen (secondary N) is 2. The standard InChI is InChI=1S/C13H14ClN3O3/c14-10-7-9(8-15)4-5-11(10)17-13(20)16-6-2-1-3-12(18)19/h4-5,7H,1-3,6H2,(H,18,19)(H2,16,17,20). The first-order chi connectivity index (χ1) is 9.52. The molecule has 7 heteroatoms. The second-order valence-corrected chi connectivity index (χ2v) is 4.45. The highest BCUT2D eigenvalue weighted by Gasteiger charge is 2.06. The number of aliphatic carboxylic acids is 1. The van der Waals surface area contributed by atoms with Crippen LogP contribution in [-0.4, -0.2) is 23.7 Å². The fourth-order valence-corrected chi connectivity index (χ4v) is 1.68. The van der Waals surface area contributed by atoms with Gasteiger partial charge in [0.1, 0.15) is 0 Å². The number of urea groups is 1. The number of carbonyl (C=O) groups is 2. The molecule has 0 heterocycles. The number of hydrogen-bond acceptors (Lipinski definition) is 3. The Bertz CT molecular complexity index is 540. The second kappa shape index (κ2) is 8.02. The second-order valence-electron chi connectivity index (χ2n) is 4.04. The highest BCUT2D eigenvalue weighted by Crippen LogP contribution is 2.22. The first-order valence-electron chi connectivity index (χ1n) is 5.99. The quantitative estimate of drug-likeness (QED) is 0.702. The van der Waals surface area contributed by atoms with E-state index < -0.39 is 12.0 Å². The third kappa shape index (κ3) is 5.59. The topological polar surface area (TPSA) is 102 Å². The lowest BCUT2D eigenvalue weighted by Crippen LogP contribution is -2.29. The van der Waals surface area contributed by atoms with Crippen LogP contribution in [0.1, 0.15) is 24.8 Å². The molecule has 0 bridgehead atoms. The number of nitriles is 1. The predicted molar refractivity (Wildman–Crippen MR) is 74.7 cm³/mol. The van der Waals surface area contributed by atoms with Crippen molar-refractivity contribution in [2.45, 2.75) is 19.3 Å². The fourth-order valence-electron chi connectivity index (χ4n) is 1.46. The van der Waals surface area contributed by atoms with Crippen molar-refractivity contribution in [1.82, 2.24) is 5.32 Å². The van der Waals surface area contributed by atoms with Crippen LogP contribution < -0.4 is 10.6 Å². The van der Waals surface area contributed by atoms with E-state index in [1.807, 2.05) is 6.07 Å². The molecule has 0 fully saturated rings. The number of carboxylic acid groups (broad SMARTS) is 1. The average Bonchev–Trinajstić information content (AvgIpc) is 2.40. The van der Waals surface area contributed by atoms with Gasteiger partial charge in [-0.25, -0.2) is 4.79 Å². The number of carbonyl (C=O) groups excluding carboxylic acids is 1. The number of anilines is 1. The Labute approximate surface area is 121 Å². The summed E-state index contributed by atoms with van der Waals surface area (Å²) in [4.78, 5) is 21.8. The van der Waals surface area contributed by atoms with Gasteiger partial charge in [-0.05, 0) is 31.0 Å². The van der Waals surface area contributed by atoms with Gasteiger partial charge < -0.3 is 15.7 Å². The van der Waals surface area contributed by atoms with E-state index in [1.165, 1.54) is 6.07 Å². The third-order valence-corrected chi connectivity index (χ3v) is 2.76. The van der Waals surface area contributed by atoms with Crippen molar-refractivity contribution in [2.75, 3.05) is 11.9 Å². The van der Waals surface area contributed by atoms with Gasteiger partial charge in [0.05, 0.1) is 22.3 Å². The van der Waals surface area contributed by atoms with Crippen molar-refractivity contribution in [1.29, 1.82) is 5.26 Å². The highest BCUT2D eigenvalue weighted by molar-refractivity contribution is 6.33. The van der Waals surface area contributed by atoms with E-state index in [9.17, 15) is 9.59 Å². The normalized spacial score (nSPS) is 9.60. The molecular formula is C13H14ClN3O3. The minimum absolute atomic E-state index is 0.0880. The Hall–Kier alpha value is -2.26. The summed E-state index contributed by atoms with van der Waals surface area (Å²) >= 11 is 5.91. The molecule has 0 radical (unpaired) electrons. The molecule has 0 aliphatic heterocycles. The maximum Gasteiger partial charge on any atom is 0.319 e. The molecular weight excluding hydrogens is 282 g/mol. The first-order valence-corrected chi connectivity index (χ1v) is 6.37. The number of halogens is 1. The van der Waals surface area contributed by atoms with Gasteiger partial charge in [-0.2, -0.15) is 5.26 Å². The summed E-state index contributed by atoms with van der Waals surface area (Å²) in [5.41, 5.74) is 0.823. The molecule has 0 aliphatic rings. The predicted octanol–water partition coefficient (Wildman–Crippen LogP) is 2.59. The van der Waals surface area contributed by atoms with Crippen molar-refractivity contribution in [2.24, 2.45) is 0 Å². The Balaban J connectivity index is 2.36. The summed E-state index contributed by atoms with van der Waals surface area (Å²) in [6.45, 7) is 0.382. The lowest BCUT2D eigenvalue weighted by atomic mass is 10.2. The van der Waals surface area contributed by atoms with Crippen LogP contribution in [0.2, 0.25) is 5.02 Å². The van der Waals surface area contributed by atoms with Crippen LogP contribution in [0, 0.1) is 11.3 Å². The molecule has 3 N–H and O–H groups in total. The van der Waals surface area contributed by atoms with Gasteiger partial charge >= 0.3 is 12.0 Å². The van der Waals surface area contributed by atoms with Gasteiger partial charge in [0.15, 0.2) is 0 Å². The van der Waals surface area contributed by atoms with Crippen LogP contribution in [0.15, 0.2) is 18.2 Å². The van der Waals surface area contributed by atoms with Crippen LogP contribution in [0.4, 0.5) is 10.5 Å². The smallest absolute Gasteiger partial charge is 0.319 e. The number of amides is 2. The number of carboxylic acids is 1. The van der Waals surface area contributed by atoms with Gasteiger partial charge in [0.25, 0.3) is 0 Å². The maximum atomic E-state index is 11.6. The minimum Gasteiger partial charge on any atom is -0.481 e. The minimum atomic E-state index is -0.848. The van der Waals surface area contributed by atoms with Gasteiger partial charge in [-0.3, -0.25) is 4.79 Å². The fraction of sp³-hybridized carbons (Fsp3) is 0.308. The number of rotatable bonds is 6. The van der Waals surface area contributed by atoms with Crippen molar-refractivity contribution in [3.05, 3.63) is 28.8 Å². The van der Waals surface area contributed by atoms with E-state index in [0.29, 0.717) is 30.6 Å². The van der Waals surface area contributed by atoms with Crippen molar-refractivity contribution in [3.8, 4) is 6.07 Å². The molecule has 1 rings (SSSR count). The van der Waals surface area contributed by atoms with Crippen LogP contribution >= 0.6 is 11.6 Å². The van der Waals surface area contributed by atoms with E-state index in [2.05, 4.69) is 10.6 Å². The molecule has 0 spiro atoms. The molecule has 2 amide bonds. The number of hydrogen-bond donors (Lipinski definition) is 3. The van der Waals surface area contributed by atoms with E-state index in [-0.39, 0.29) is 11.4 Å². The Morgan fingerprint density at radius 2 is 2.10 bits per heavy atom. The molecule has 1 aromatic rings. The average molecular weight is 296 g/mol. The molecule has 0 atom stereocenters. The maximum absolute atomic E-state index is 11.6. The Kier molecular flexibility index (Phi) is 6.33. The number of benzene rings is 1. The summed E-state index contributed by atoms with van der Waals surface area (Å²) in [7, 11) is 0. The lowest BCUT2D eigenvalue weighted by molar-refractivity contribution is -0.137. The Morgan fingerprint density at radius 3 is 2.70 bits per heavy atom. The molecule has 0 aliphatic carbocycles. The highest BCUT2D eigenvalue weighted by atomic mass is 35.5. The van der Waals surface area contributed by atoms with Crippen LogP contribution in [0.25, 0.3) is 0 Å². The zero-order valence-electron chi connectivity index (χ0n) is 10.6. The summed E-state index contributed by atoms with van der Waals surface area (Å²) < 4.78 is 0. The SMILES string of the molecule is N#Cc1ccc(NC(=O)NCCCCC(=O)O)c(Cl)c1. The summed E-state index contributed by atoms with van der Waals surface area (Å²) in [5.74, 6) is -0.848. The largest absolute Gasteiger partial charge is 0.481 e. The summed E-state index contributed by atoms with van der Waals surface area (Å²) in [5, 5.41) is 22.6. The monoisotopic (exact) mass is 295 g/mol. The number of unbranched alkanes of at least 4 members (excludes halogenated alkanes) is 1. The van der Waals surface area contributed by atoms with Crippen molar-refractivity contribution < 1.29 is 14.7 Å².